The summed E-state index contributed by atoms with van der Waals surface area (Å²) in [4.78, 5) is 0. The quantitative estimate of drug-likeness (QED) is 0.828. The average molecular weight is 268 g/mol. The van der Waals surface area contributed by atoms with E-state index >= 15 is 0 Å². The van der Waals surface area contributed by atoms with Crippen LogP contribution in [0.3, 0.4) is 0 Å². The molecule has 1 saturated heterocycles. The SMILES string of the molecule is Fc1ccccc1-c1ccc2c(c1)[C@@H]1CNCC[C@@H]1N2. The largest absolute Gasteiger partial charge is 0.381 e. The third-order valence-electron chi connectivity index (χ3n) is 4.46. The van der Waals surface area contributed by atoms with Crippen molar-refractivity contribution < 1.29 is 4.39 Å². The molecular weight excluding hydrogens is 251 g/mol. The van der Waals surface area contributed by atoms with Crippen molar-refractivity contribution in [3.8, 4) is 11.1 Å². The van der Waals surface area contributed by atoms with Crippen LogP contribution in [0.25, 0.3) is 11.1 Å². The first-order valence-corrected chi connectivity index (χ1v) is 7.19. The van der Waals surface area contributed by atoms with Crippen LogP contribution in [0, 0.1) is 5.82 Å². The highest BCUT2D eigenvalue weighted by Gasteiger charge is 2.33. The first-order chi connectivity index (χ1) is 9.83. The number of nitrogens with one attached hydrogen (secondary N) is 2. The first kappa shape index (κ1) is 11.9. The van der Waals surface area contributed by atoms with Crippen LogP contribution in [-0.2, 0) is 0 Å². The van der Waals surface area contributed by atoms with Crippen LogP contribution >= 0.6 is 0 Å². The molecule has 3 heteroatoms. The van der Waals surface area contributed by atoms with Crippen molar-refractivity contribution in [1.82, 2.24) is 5.32 Å². The van der Waals surface area contributed by atoms with Crippen LogP contribution in [-0.4, -0.2) is 19.1 Å². The Balaban J connectivity index is 1.77. The maximum atomic E-state index is 13.9. The Morgan fingerprint density at radius 2 is 2.00 bits per heavy atom. The number of benzene rings is 2. The molecule has 2 heterocycles. The van der Waals surface area contributed by atoms with E-state index in [0.717, 1.165) is 25.1 Å². The molecule has 2 aliphatic heterocycles. The zero-order valence-electron chi connectivity index (χ0n) is 11.2. The van der Waals surface area contributed by atoms with E-state index in [4.69, 9.17) is 0 Å². The molecule has 2 nitrogen and oxygen atoms in total. The lowest BCUT2D eigenvalue weighted by atomic mass is 9.89. The van der Waals surface area contributed by atoms with Crippen LogP contribution in [0.4, 0.5) is 10.1 Å². The summed E-state index contributed by atoms with van der Waals surface area (Å²) in [7, 11) is 0. The fourth-order valence-electron chi connectivity index (χ4n) is 3.42. The lowest BCUT2D eigenvalue weighted by Gasteiger charge is -2.26. The molecule has 1 fully saturated rings. The van der Waals surface area contributed by atoms with Gasteiger partial charge in [0.1, 0.15) is 5.82 Å². The van der Waals surface area contributed by atoms with Gasteiger partial charge in [-0.25, -0.2) is 4.39 Å². The number of fused-ring (bicyclic) bond motifs is 3. The van der Waals surface area contributed by atoms with Gasteiger partial charge in [0, 0.05) is 29.8 Å². The number of hydrogen-bond donors (Lipinski definition) is 2. The molecule has 0 amide bonds. The summed E-state index contributed by atoms with van der Waals surface area (Å²) in [6.07, 6.45) is 1.15. The van der Waals surface area contributed by atoms with Crippen LogP contribution in [0.2, 0.25) is 0 Å². The Bertz CT molecular complexity index is 653. The molecule has 2 aliphatic rings. The average Bonchev–Trinajstić information content (AvgIpc) is 2.85. The maximum Gasteiger partial charge on any atom is 0.131 e. The lowest BCUT2D eigenvalue weighted by molar-refractivity contribution is 0.440. The van der Waals surface area contributed by atoms with E-state index in [0.29, 0.717) is 17.5 Å². The van der Waals surface area contributed by atoms with Gasteiger partial charge in [0.05, 0.1) is 0 Å². The van der Waals surface area contributed by atoms with E-state index in [1.807, 2.05) is 18.2 Å². The highest BCUT2D eigenvalue weighted by Crippen LogP contribution is 2.40. The van der Waals surface area contributed by atoms with Crippen molar-refractivity contribution in [2.45, 2.75) is 18.4 Å². The van der Waals surface area contributed by atoms with Crippen molar-refractivity contribution in [3.05, 3.63) is 53.8 Å². The van der Waals surface area contributed by atoms with Crippen molar-refractivity contribution in [2.24, 2.45) is 0 Å². The third kappa shape index (κ3) is 1.81. The molecule has 2 aromatic rings. The minimum absolute atomic E-state index is 0.156. The Labute approximate surface area is 118 Å². The van der Waals surface area contributed by atoms with Gasteiger partial charge in [0.15, 0.2) is 0 Å². The standard InChI is InChI=1S/C17H17FN2/c18-15-4-2-1-3-12(15)11-5-6-16-13(9-11)14-10-19-8-7-17(14)20-16/h1-6,9,14,17,19-20H,7-8,10H2/t14-,17-/m0/s1. The number of piperidine rings is 1. The molecule has 2 atom stereocenters. The smallest absolute Gasteiger partial charge is 0.131 e. The zero-order valence-corrected chi connectivity index (χ0v) is 11.2. The van der Waals surface area contributed by atoms with Crippen molar-refractivity contribution >= 4 is 5.69 Å². The molecule has 2 N–H and O–H groups in total. The molecule has 20 heavy (non-hydrogen) atoms. The summed E-state index contributed by atoms with van der Waals surface area (Å²) in [6.45, 7) is 2.08. The second-order valence-corrected chi connectivity index (χ2v) is 5.63. The van der Waals surface area contributed by atoms with Gasteiger partial charge in [-0.15, -0.1) is 0 Å². The number of rotatable bonds is 1. The van der Waals surface area contributed by atoms with Crippen LogP contribution in [0.15, 0.2) is 42.5 Å². The number of anilines is 1. The van der Waals surface area contributed by atoms with Gasteiger partial charge in [0.2, 0.25) is 0 Å². The minimum Gasteiger partial charge on any atom is -0.381 e. The summed E-state index contributed by atoms with van der Waals surface area (Å²) >= 11 is 0. The Morgan fingerprint density at radius 1 is 1.10 bits per heavy atom. The lowest BCUT2D eigenvalue weighted by Crippen LogP contribution is -2.38. The summed E-state index contributed by atoms with van der Waals surface area (Å²) in [5, 5.41) is 7.05. The van der Waals surface area contributed by atoms with Gasteiger partial charge in [-0.3, -0.25) is 0 Å². The first-order valence-electron chi connectivity index (χ1n) is 7.19. The number of hydrogen-bond acceptors (Lipinski definition) is 2. The van der Waals surface area contributed by atoms with Gasteiger partial charge in [-0.2, -0.15) is 0 Å². The highest BCUT2D eigenvalue weighted by atomic mass is 19.1. The van der Waals surface area contributed by atoms with Gasteiger partial charge in [-0.05, 0) is 42.3 Å². The second-order valence-electron chi connectivity index (χ2n) is 5.63. The molecule has 0 aromatic heterocycles. The molecule has 0 aliphatic carbocycles. The van der Waals surface area contributed by atoms with Crippen molar-refractivity contribution in [3.63, 3.8) is 0 Å². The molecule has 0 bridgehead atoms. The van der Waals surface area contributed by atoms with Crippen LogP contribution in [0.5, 0.6) is 0 Å². The van der Waals surface area contributed by atoms with Crippen molar-refractivity contribution in [2.75, 3.05) is 18.4 Å². The number of halogens is 1. The van der Waals surface area contributed by atoms with Gasteiger partial charge in [-0.1, -0.05) is 24.3 Å². The Hall–Kier alpha value is -1.87. The summed E-state index contributed by atoms with van der Waals surface area (Å²) in [5.74, 6) is 0.349. The fraction of sp³-hybridized carbons (Fsp3) is 0.294. The molecular formula is C17H17FN2. The predicted octanol–water partition coefficient (Wildman–Crippen LogP) is 3.36. The minimum atomic E-state index is -0.156. The van der Waals surface area contributed by atoms with Gasteiger partial charge < -0.3 is 10.6 Å². The van der Waals surface area contributed by atoms with E-state index in [1.54, 1.807) is 6.07 Å². The predicted molar refractivity (Wildman–Crippen MR) is 79.5 cm³/mol. The van der Waals surface area contributed by atoms with Crippen LogP contribution in [0.1, 0.15) is 17.9 Å². The van der Waals surface area contributed by atoms with Gasteiger partial charge in [0.25, 0.3) is 0 Å². The van der Waals surface area contributed by atoms with E-state index in [9.17, 15) is 4.39 Å². The van der Waals surface area contributed by atoms with E-state index < -0.39 is 0 Å². The molecule has 4 rings (SSSR count). The van der Waals surface area contributed by atoms with Crippen LogP contribution < -0.4 is 10.6 Å². The molecule has 0 saturated carbocycles. The molecule has 0 spiro atoms. The summed E-state index contributed by atoms with van der Waals surface area (Å²) in [6, 6.07) is 13.8. The Kier molecular flexibility index (Phi) is 2.74. The summed E-state index contributed by atoms with van der Waals surface area (Å²) in [5.41, 5.74) is 4.18. The van der Waals surface area contributed by atoms with E-state index in [1.165, 1.54) is 17.3 Å². The third-order valence-corrected chi connectivity index (χ3v) is 4.46. The zero-order chi connectivity index (χ0) is 13.5. The summed E-state index contributed by atoms with van der Waals surface area (Å²) < 4.78 is 13.9. The van der Waals surface area contributed by atoms with Gasteiger partial charge >= 0.3 is 0 Å². The van der Waals surface area contributed by atoms with E-state index in [2.05, 4.69) is 22.8 Å². The maximum absolute atomic E-state index is 13.9. The molecule has 102 valence electrons. The highest BCUT2D eigenvalue weighted by molar-refractivity contribution is 5.71. The van der Waals surface area contributed by atoms with E-state index in [-0.39, 0.29) is 5.82 Å². The molecule has 0 radical (unpaired) electrons. The Morgan fingerprint density at radius 3 is 2.90 bits per heavy atom. The molecule has 2 aromatic carbocycles. The normalized spacial score (nSPS) is 23.9. The fourth-order valence-corrected chi connectivity index (χ4v) is 3.42. The molecule has 0 unspecified atom stereocenters. The van der Waals surface area contributed by atoms with Crippen molar-refractivity contribution in [1.29, 1.82) is 0 Å². The monoisotopic (exact) mass is 268 g/mol. The topological polar surface area (TPSA) is 24.1 Å². The second kappa shape index (κ2) is 4.60.